The first-order chi connectivity index (χ1) is 25.3. The van der Waals surface area contributed by atoms with E-state index in [2.05, 4.69) is 198 Å². The first kappa shape index (κ1) is 29.1. The number of fused-ring (bicyclic) bond motifs is 7. The standard InChI is InChI=1S/C48H32N2O/c1-4-14-36(15-5-1)49(37-16-6-2-7-17-37)39-30-28-34(29-31-39)33-24-26-35(27-25-33)42-32-43-40-20-11-13-23-45(40)51-48(43)46-41-21-10-12-22-44(41)50(47(42)46)38-18-8-3-9-19-38/h1-32H. The van der Waals surface area contributed by atoms with Gasteiger partial charge in [-0.05, 0) is 83.4 Å². The van der Waals surface area contributed by atoms with Gasteiger partial charge in [-0.25, -0.2) is 0 Å². The Bertz CT molecular complexity index is 2780. The van der Waals surface area contributed by atoms with Crippen LogP contribution in [0.15, 0.2) is 199 Å². The van der Waals surface area contributed by atoms with Gasteiger partial charge in [0.2, 0.25) is 0 Å². The molecular weight excluding hydrogens is 621 g/mol. The topological polar surface area (TPSA) is 21.3 Å². The van der Waals surface area contributed by atoms with Crippen molar-refractivity contribution in [3.63, 3.8) is 0 Å². The molecule has 0 saturated carbocycles. The summed E-state index contributed by atoms with van der Waals surface area (Å²) >= 11 is 0. The highest BCUT2D eigenvalue weighted by Crippen LogP contribution is 2.45. The molecule has 0 radical (unpaired) electrons. The van der Waals surface area contributed by atoms with Crippen molar-refractivity contribution in [3.05, 3.63) is 194 Å². The molecule has 0 N–H and O–H groups in total. The largest absolute Gasteiger partial charge is 0.455 e. The summed E-state index contributed by atoms with van der Waals surface area (Å²) in [5.41, 5.74) is 13.3. The third kappa shape index (κ3) is 4.82. The third-order valence-electron chi connectivity index (χ3n) is 9.98. The molecule has 0 saturated heterocycles. The van der Waals surface area contributed by atoms with Crippen molar-refractivity contribution in [2.45, 2.75) is 0 Å². The monoisotopic (exact) mass is 652 g/mol. The van der Waals surface area contributed by atoms with Gasteiger partial charge in [0, 0.05) is 44.5 Å². The van der Waals surface area contributed by atoms with Crippen molar-refractivity contribution < 1.29 is 4.42 Å². The first-order valence-corrected chi connectivity index (χ1v) is 17.4. The van der Waals surface area contributed by atoms with E-state index in [1.165, 1.54) is 22.1 Å². The maximum absolute atomic E-state index is 6.66. The Hall–Kier alpha value is -6.84. The average molecular weight is 653 g/mol. The summed E-state index contributed by atoms with van der Waals surface area (Å²) in [6, 6.07) is 68.9. The van der Waals surface area contributed by atoms with Crippen molar-refractivity contribution in [1.29, 1.82) is 0 Å². The van der Waals surface area contributed by atoms with Crippen molar-refractivity contribution in [2.75, 3.05) is 4.90 Å². The van der Waals surface area contributed by atoms with E-state index in [9.17, 15) is 0 Å². The Labute approximate surface area is 295 Å². The molecule has 0 aliphatic carbocycles. The molecule has 2 aromatic heterocycles. The maximum atomic E-state index is 6.66. The molecule has 2 heterocycles. The van der Waals surface area contributed by atoms with Gasteiger partial charge in [-0.1, -0.05) is 127 Å². The van der Waals surface area contributed by atoms with Gasteiger partial charge in [-0.15, -0.1) is 0 Å². The molecule has 8 aromatic carbocycles. The van der Waals surface area contributed by atoms with E-state index in [4.69, 9.17) is 4.42 Å². The number of para-hydroxylation sites is 5. The molecule has 0 spiro atoms. The molecule has 0 unspecified atom stereocenters. The molecule has 10 aromatic rings. The molecule has 51 heavy (non-hydrogen) atoms. The van der Waals surface area contributed by atoms with Crippen LogP contribution in [-0.2, 0) is 0 Å². The van der Waals surface area contributed by atoms with E-state index in [0.29, 0.717) is 0 Å². The molecule has 3 heteroatoms. The molecule has 0 fully saturated rings. The molecule has 240 valence electrons. The molecule has 3 nitrogen and oxygen atoms in total. The van der Waals surface area contributed by atoms with Gasteiger partial charge in [0.05, 0.1) is 16.4 Å². The van der Waals surface area contributed by atoms with Crippen LogP contribution < -0.4 is 4.90 Å². The zero-order chi connectivity index (χ0) is 33.7. The number of anilines is 3. The fourth-order valence-corrected chi connectivity index (χ4v) is 7.64. The number of rotatable bonds is 6. The molecule has 0 aliphatic heterocycles. The Morgan fingerprint density at radius 2 is 0.922 bits per heavy atom. The van der Waals surface area contributed by atoms with E-state index in [0.717, 1.165) is 66.7 Å². The lowest BCUT2D eigenvalue weighted by Gasteiger charge is -2.25. The summed E-state index contributed by atoms with van der Waals surface area (Å²) < 4.78 is 9.05. The molecular formula is C48H32N2O. The van der Waals surface area contributed by atoms with Gasteiger partial charge in [0.15, 0.2) is 0 Å². The second-order valence-electron chi connectivity index (χ2n) is 12.9. The summed E-state index contributed by atoms with van der Waals surface area (Å²) in [4.78, 5) is 2.29. The van der Waals surface area contributed by atoms with Crippen LogP contribution in [0.25, 0.3) is 71.7 Å². The average Bonchev–Trinajstić information content (AvgIpc) is 3.75. The second-order valence-corrected chi connectivity index (χ2v) is 12.9. The molecule has 0 amide bonds. The van der Waals surface area contributed by atoms with Crippen LogP contribution in [0.2, 0.25) is 0 Å². The fourth-order valence-electron chi connectivity index (χ4n) is 7.64. The van der Waals surface area contributed by atoms with E-state index in [1.807, 2.05) is 6.07 Å². The number of hydrogen-bond donors (Lipinski definition) is 0. The van der Waals surface area contributed by atoms with Crippen LogP contribution in [-0.4, -0.2) is 4.57 Å². The summed E-state index contributed by atoms with van der Waals surface area (Å²) in [5, 5.41) is 4.58. The van der Waals surface area contributed by atoms with Crippen molar-refractivity contribution in [1.82, 2.24) is 4.57 Å². The SMILES string of the molecule is c1ccc(N(c2ccccc2)c2ccc(-c3ccc(-c4cc5c6ccccc6oc5c5c6ccccc6n(-c6ccccc6)c45)cc3)cc2)cc1. The van der Waals surface area contributed by atoms with E-state index in [1.54, 1.807) is 0 Å². The number of hydrogen-bond acceptors (Lipinski definition) is 2. The van der Waals surface area contributed by atoms with Gasteiger partial charge in [0.25, 0.3) is 0 Å². The normalized spacial score (nSPS) is 11.5. The summed E-state index contributed by atoms with van der Waals surface area (Å²) in [5.74, 6) is 0. The van der Waals surface area contributed by atoms with Crippen LogP contribution in [0.4, 0.5) is 17.1 Å². The van der Waals surface area contributed by atoms with Crippen LogP contribution in [0.5, 0.6) is 0 Å². The van der Waals surface area contributed by atoms with Crippen LogP contribution >= 0.6 is 0 Å². The van der Waals surface area contributed by atoms with E-state index in [-0.39, 0.29) is 0 Å². The highest BCUT2D eigenvalue weighted by molar-refractivity contribution is 6.27. The first-order valence-electron chi connectivity index (χ1n) is 17.4. The smallest absolute Gasteiger partial charge is 0.145 e. The van der Waals surface area contributed by atoms with Crippen molar-refractivity contribution in [2.24, 2.45) is 0 Å². The highest BCUT2D eigenvalue weighted by Gasteiger charge is 2.22. The minimum Gasteiger partial charge on any atom is -0.455 e. The summed E-state index contributed by atoms with van der Waals surface area (Å²) in [6.07, 6.45) is 0. The number of benzene rings is 8. The van der Waals surface area contributed by atoms with Gasteiger partial charge in [-0.3, -0.25) is 0 Å². The lowest BCUT2D eigenvalue weighted by Crippen LogP contribution is -2.09. The van der Waals surface area contributed by atoms with Crippen LogP contribution in [0.3, 0.4) is 0 Å². The highest BCUT2D eigenvalue weighted by atomic mass is 16.3. The number of aromatic nitrogens is 1. The Morgan fingerprint density at radius 1 is 0.412 bits per heavy atom. The zero-order valence-electron chi connectivity index (χ0n) is 27.8. The van der Waals surface area contributed by atoms with Gasteiger partial charge >= 0.3 is 0 Å². The summed E-state index contributed by atoms with van der Waals surface area (Å²) in [7, 11) is 0. The summed E-state index contributed by atoms with van der Waals surface area (Å²) in [6.45, 7) is 0. The lowest BCUT2D eigenvalue weighted by molar-refractivity contribution is 0.673. The van der Waals surface area contributed by atoms with Crippen molar-refractivity contribution in [3.8, 4) is 27.9 Å². The molecule has 10 rings (SSSR count). The van der Waals surface area contributed by atoms with Gasteiger partial charge in [-0.2, -0.15) is 0 Å². The minimum absolute atomic E-state index is 0.902. The van der Waals surface area contributed by atoms with Crippen LogP contribution in [0, 0.1) is 0 Å². The molecule has 0 bridgehead atoms. The third-order valence-corrected chi connectivity index (χ3v) is 9.98. The predicted molar refractivity (Wildman–Crippen MR) is 214 cm³/mol. The fraction of sp³-hybridized carbons (Fsp3) is 0. The van der Waals surface area contributed by atoms with E-state index < -0.39 is 0 Å². The maximum Gasteiger partial charge on any atom is 0.145 e. The second kappa shape index (κ2) is 11.9. The Balaban J connectivity index is 1.12. The van der Waals surface area contributed by atoms with Gasteiger partial charge in [0.1, 0.15) is 11.2 Å². The molecule has 0 aliphatic rings. The zero-order valence-corrected chi connectivity index (χ0v) is 27.8. The Kier molecular flexibility index (Phi) is 6.81. The lowest BCUT2D eigenvalue weighted by atomic mass is 9.96. The quantitative estimate of drug-likeness (QED) is 0.178. The van der Waals surface area contributed by atoms with E-state index >= 15 is 0 Å². The Morgan fingerprint density at radius 3 is 1.59 bits per heavy atom. The van der Waals surface area contributed by atoms with Crippen LogP contribution in [0.1, 0.15) is 0 Å². The molecule has 0 atom stereocenters. The van der Waals surface area contributed by atoms with Gasteiger partial charge < -0.3 is 13.9 Å². The number of furan rings is 1. The minimum atomic E-state index is 0.902. The van der Waals surface area contributed by atoms with Crippen molar-refractivity contribution >= 4 is 60.8 Å². The predicted octanol–water partition coefficient (Wildman–Crippen LogP) is 13.5. The number of nitrogens with zero attached hydrogens (tertiary/aromatic N) is 2.